The van der Waals surface area contributed by atoms with Gasteiger partial charge in [-0.15, -0.1) is 11.3 Å². The number of carbonyl (C=O) groups excluding carboxylic acids is 2. The lowest BCUT2D eigenvalue weighted by Gasteiger charge is -2.50. The van der Waals surface area contributed by atoms with Crippen LogP contribution in [0, 0.1) is 6.92 Å². The average molecular weight is 426 g/mol. The van der Waals surface area contributed by atoms with Gasteiger partial charge in [0.2, 0.25) is 5.91 Å². The molecule has 3 aliphatic rings. The second kappa shape index (κ2) is 7.78. The van der Waals surface area contributed by atoms with Gasteiger partial charge in [0.15, 0.2) is 5.13 Å². The number of hydrogen-bond acceptors (Lipinski definition) is 5. The molecule has 2 atom stereocenters. The summed E-state index contributed by atoms with van der Waals surface area (Å²) in [6, 6.07) is 7.62. The largest absolute Gasteiger partial charge is 0.376 e. The average Bonchev–Trinajstić information content (AvgIpc) is 3.49. The van der Waals surface area contributed by atoms with E-state index in [0.717, 1.165) is 56.4 Å². The molecule has 5 rings (SSSR count). The monoisotopic (exact) mass is 425 g/mol. The number of rotatable bonds is 4. The second-order valence-electron chi connectivity index (χ2n) is 8.67. The molecule has 1 N–H and O–H groups in total. The quantitative estimate of drug-likeness (QED) is 0.800. The molecule has 2 aliphatic heterocycles. The van der Waals surface area contributed by atoms with E-state index in [1.54, 1.807) is 0 Å². The van der Waals surface area contributed by atoms with Crippen molar-refractivity contribution in [3.05, 3.63) is 46.5 Å². The minimum absolute atomic E-state index is 0.0390. The van der Waals surface area contributed by atoms with Crippen molar-refractivity contribution in [2.75, 3.05) is 18.5 Å². The molecule has 158 valence electrons. The molecule has 3 heterocycles. The summed E-state index contributed by atoms with van der Waals surface area (Å²) in [6.07, 6.45) is 5.79. The van der Waals surface area contributed by atoms with Crippen LogP contribution in [-0.4, -0.2) is 46.5 Å². The second-order valence-corrected chi connectivity index (χ2v) is 9.52. The molecule has 2 aromatic rings. The van der Waals surface area contributed by atoms with Crippen molar-refractivity contribution < 1.29 is 14.3 Å². The number of carbonyl (C=O) groups is 2. The van der Waals surface area contributed by atoms with Gasteiger partial charge in [0.25, 0.3) is 5.91 Å². The molecular formula is C23H27N3O3S. The van der Waals surface area contributed by atoms with E-state index in [9.17, 15) is 9.59 Å². The third-order valence-electron chi connectivity index (χ3n) is 6.81. The number of ether oxygens (including phenoxy) is 1. The molecule has 1 spiro atoms. The number of aryl methyl sites for hydroxylation is 1. The molecule has 30 heavy (non-hydrogen) atoms. The highest BCUT2D eigenvalue weighted by Crippen LogP contribution is 2.51. The molecule has 6 nitrogen and oxygen atoms in total. The fraction of sp³-hybridized carbons (Fsp3) is 0.522. The number of aromatic nitrogens is 1. The Morgan fingerprint density at radius 1 is 1.30 bits per heavy atom. The van der Waals surface area contributed by atoms with Crippen LogP contribution in [0.15, 0.2) is 29.6 Å². The zero-order valence-corrected chi connectivity index (χ0v) is 18.0. The standard InChI is InChI=1S/C23H27N3O3S/c1-15-14-30-22(24-15)25-20(27)19-17-8-2-3-9-18(17)21(28)26(13-16-7-6-12-29-16)23(19)10-4-5-11-23/h2-3,8-9,14,16,19H,4-7,10-13H2,1H3,(H,24,25,27). The zero-order valence-electron chi connectivity index (χ0n) is 17.2. The van der Waals surface area contributed by atoms with E-state index in [4.69, 9.17) is 4.74 Å². The van der Waals surface area contributed by atoms with Crippen LogP contribution in [0.4, 0.5) is 5.13 Å². The molecule has 1 saturated heterocycles. The van der Waals surface area contributed by atoms with E-state index in [1.807, 2.05) is 41.5 Å². The van der Waals surface area contributed by atoms with Gasteiger partial charge in [0, 0.05) is 24.1 Å². The van der Waals surface area contributed by atoms with Gasteiger partial charge in [-0.2, -0.15) is 0 Å². The highest BCUT2D eigenvalue weighted by Gasteiger charge is 2.56. The molecule has 2 fully saturated rings. The SMILES string of the molecule is Cc1csc(NC(=O)C2c3ccccc3C(=O)N(CC3CCCO3)C23CCCC3)n1. The van der Waals surface area contributed by atoms with Crippen LogP contribution in [0.3, 0.4) is 0 Å². The minimum Gasteiger partial charge on any atom is -0.376 e. The first-order valence-electron chi connectivity index (χ1n) is 10.8. The third kappa shape index (κ3) is 3.24. The van der Waals surface area contributed by atoms with Crippen molar-refractivity contribution in [1.29, 1.82) is 0 Å². The lowest BCUT2D eigenvalue weighted by atomic mass is 9.71. The Balaban J connectivity index is 1.57. The maximum absolute atomic E-state index is 13.7. The van der Waals surface area contributed by atoms with Gasteiger partial charge in [-0.05, 0) is 44.2 Å². The number of benzene rings is 1. The van der Waals surface area contributed by atoms with Gasteiger partial charge >= 0.3 is 0 Å². The number of amides is 2. The smallest absolute Gasteiger partial charge is 0.254 e. The topological polar surface area (TPSA) is 71.5 Å². The molecular weight excluding hydrogens is 398 g/mol. The maximum atomic E-state index is 13.7. The summed E-state index contributed by atoms with van der Waals surface area (Å²) >= 11 is 1.44. The highest BCUT2D eigenvalue weighted by molar-refractivity contribution is 7.13. The predicted molar refractivity (Wildman–Crippen MR) is 116 cm³/mol. The molecule has 1 saturated carbocycles. The van der Waals surface area contributed by atoms with Gasteiger partial charge in [-0.3, -0.25) is 9.59 Å². The van der Waals surface area contributed by atoms with Crippen molar-refractivity contribution in [3.8, 4) is 0 Å². The minimum atomic E-state index is -0.492. The summed E-state index contributed by atoms with van der Waals surface area (Å²) in [5.41, 5.74) is 1.89. The fourth-order valence-corrected chi connectivity index (χ4v) is 6.20. The molecule has 1 aromatic heterocycles. The number of fused-ring (bicyclic) bond motifs is 1. The first kappa shape index (κ1) is 19.7. The molecule has 0 radical (unpaired) electrons. The summed E-state index contributed by atoms with van der Waals surface area (Å²) < 4.78 is 5.89. The molecule has 2 amide bonds. The molecule has 2 unspecified atom stereocenters. The normalized spacial score (nSPS) is 25.0. The lowest BCUT2D eigenvalue weighted by Crippen LogP contribution is -2.61. The molecule has 7 heteroatoms. The van der Waals surface area contributed by atoms with Gasteiger partial charge < -0.3 is 15.0 Å². The van der Waals surface area contributed by atoms with Gasteiger partial charge in [0.1, 0.15) is 0 Å². The number of nitrogens with one attached hydrogen (secondary N) is 1. The zero-order chi connectivity index (χ0) is 20.7. The van der Waals surface area contributed by atoms with Crippen LogP contribution < -0.4 is 5.32 Å². The summed E-state index contributed by atoms with van der Waals surface area (Å²) in [7, 11) is 0. The number of hydrogen-bond donors (Lipinski definition) is 1. The Hall–Kier alpha value is -2.25. The highest BCUT2D eigenvalue weighted by atomic mass is 32.1. The van der Waals surface area contributed by atoms with Crippen LogP contribution in [-0.2, 0) is 9.53 Å². The van der Waals surface area contributed by atoms with Crippen LogP contribution in [0.25, 0.3) is 0 Å². The number of thiazole rings is 1. The van der Waals surface area contributed by atoms with Crippen molar-refractivity contribution in [2.45, 2.75) is 63.0 Å². The number of anilines is 1. The Morgan fingerprint density at radius 3 is 2.80 bits per heavy atom. The van der Waals surface area contributed by atoms with E-state index in [1.165, 1.54) is 11.3 Å². The Kier molecular flexibility index (Phi) is 5.11. The van der Waals surface area contributed by atoms with E-state index in [0.29, 0.717) is 17.2 Å². The first-order valence-corrected chi connectivity index (χ1v) is 11.7. The van der Waals surface area contributed by atoms with Gasteiger partial charge in [-0.25, -0.2) is 4.98 Å². The third-order valence-corrected chi connectivity index (χ3v) is 7.69. The fourth-order valence-electron chi connectivity index (χ4n) is 5.51. The Labute approximate surface area is 180 Å². The van der Waals surface area contributed by atoms with E-state index in [2.05, 4.69) is 10.3 Å². The summed E-state index contributed by atoms with van der Waals surface area (Å²) in [4.78, 5) is 33.7. The van der Waals surface area contributed by atoms with Crippen molar-refractivity contribution >= 4 is 28.3 Å². The predicted octanol–water partition coefficient (Wildman–Crippen LogP) is 4.12. The number of nitrogens with zero attached hydrogens (tertiary/aromatic N) is 2. The maximum Gasteiger partial charge on any atom is 0.254 e. The van der Waals surface area contributed by atoms with E-state index >= 15 is 0 Å². The van der Waals surface area contributed by atoms with E-state index in [-0.39, 0.29) is 17.9 Å². The van der Waals surface area contributed by atoms with Crippen molar-refractivity contribution in [2.24, 2.45) is 0 Å². The molecule has 1 aromatic carbocycles. The van der Waals surface area contributed by atoms with Crippen LogP contribution in [0.1, 0.15) is 66.1 Å². The van der Waals surface area contributed by atoms with Crippen molar-refractivity contribution in [1.82, 2.24) is 9.88 Å². The summed E-state index contributed by atoms with van der Waals surface area (Å²) in [6.45, 7) is 3.24. The summed E-state index contributed by atoms with van der Waals surface area (Å²) in [5, 5.41) is 5.60. The van der Waals surface area contributed by atoms with Gasteiger partial charge in [-0.1, -0.05) is 31.0 Å². The van der Waals surface area contributed by atoms with Crippen LogP contribution in [0.2, 0.25) is 0 Å². The molecule has 1 aliphatic carbocycles. The van der Waals surface area contributed by atoms with Gasteiger partial charge in [0.05, 0.1) is 23.3 Å². The molecule has 0 bridgehead atoms. The lowest BCUT2D eigenvalue weighted by molar-refractivity contribution is -0.121. The Bertz CT molecular complexity index is 960. The van der Waals surface area contributed by atoms with Crippen LogP contribution in [0.5, 0.6) is 0 Å². The van der Waals surface area contributed by atoms with Crippen LogP contribution >= 0.6 is 11.3 Å². The van der Waals surface area contributed by atoms with Crippen molar-refractivity contribution in [3.63, 3.8) is 0 Å². The summed E-state index contributed by atoms with van der Waals surface area (Å²) in [5.74, 6) is -0.430. The Morgan fingerprint density at radius 2 is 2.10 bits per heavy atom. The first-order chi connectivity index (χ1) is 14.6. The van der Waals surface area contributed by atoms with E-state index < -0.39 is 11.5 Å².